The SMILES string of the molecule is Nc1cn[nH]c1NS(=O)(=O)c1cc(Cl)cc(Cl)c1. The highest BCUT2D eigenvalue weighted by molar-refractivity contribution is 7.92. The molecule has 2 rings (SSSR count). The smallest absolute Gasteiger partial charge is 0.263 e. The molecule has 0 saturated heterocycles. The van der Waals surface area contributed by atoms with Gasteiger partial charge >= 0.3 is 0 Å². The fraction of sp³-hybridized carbons (Fsp3) is 0. The Morgan fingerprint density at radius 3 is 2.33 bits per heavy atom. The molecule has 0 aliphatic rings. The molecule has 96 valence electrons. The summed E-state index contributed by atoms with van der Waals surface area (Å²) in [6.45, 7) is 0. The van der Waals surface area contributed by atoms with Gasteiger partial charge in [-0.2, -0.15) is 5.10 Å². The van der Waals surface area contributed by atoms with Crippen LogP contribution in [0.3, 0.4) is 0 Å². The van der Waals surface area contributed by atoms with Crippen molar-refractivity contribution < 1.29 is 8.42 Å². The van der Waals surface area contributed by atoms with Gasteiger partial charge in [-0.25, -0.2) is 8.42 Å². The number of H-pyrrole nitrogens is 1. The number of hydrogen-bond donors (Lipinski definition) is 3. The van der Waals surface area contributed by atoms with E-state index in [4.69, 9.17) is 28.9 Å². The van der Waals surface area contributed by atoms with Crippen LogP contribution in [0.4, 0.5) is 11.5 Å². The third-order valence-electron chi connectivity index (χ3n) is 2.05. The van der Waals surface area contributed by atoms with Crippen molar-refractivity contribution >= 4 is 44.7 Å². The fourth-order valence-electron chi connectivity index (χ4n) is 1.25. The zero-order chi connectivity index (χ0) is 13.3. The maximum Gasteiger partial charge on any atom is 0.263 e. The number of aromatic nitrogens is 2. The molecule has 1 heterocycles. The van der Waals surface area contributed by atoms with Gasteiger partial charge in [0.2, 0.25) is 0 Å². The van der Waals surface area contributed by atoms with Gasteiger partial charge in [0.1, 0.15) is 0 Å². The molecule has 4 N–H and O–H groups in total. The summed E-state index contributed by atoms with van der Waals surface area (Å²) in [4.78, 5) is -0.0611. The molecule has 1 aromatic heterocycles. The van der Waals surface area contributed by atoms with E-state index in [1.807, 2.05) is 0 Å². The van der Waals surface area contributed by atoms with Crippen LogP contribution in [0.5, 0.6) is 0 Å². The van der Waals surface area contributed by atoms with Gasteiger partial charge in [0, 0.05) is 10.0 Å². The fourth-order valence-corrected chi connectivity index (χ4v) is 3.02. The zero-order valence-corrected chi connectivity index (χ0v) is 11.1. The summed E-state index contributed by atoms with van der Waals surface area (Å²) in [5, 5.41) is 6.48. The highest BCUT2D eigenvalue weighted by atomic mass is 35.5. The molecule has 18 heavy (non-hydrogen) atoms. The maximum atomic E-state index is 12.0. The molecule has 0 spiro atoms. The average molecular weight is 307 g/mol. The molecule has 0 aliphatic heterocycles. The summed E-state index contributed by atoms with van der Waals surface area (Å²) in [5.74, 6) is 0.0890. The number of halogens is 2. The van der Waals surface area contributed by atoms with Crippen molar-refractivity contribution in [1.29, 1.82) is 0 Å². The number of aromatic amines is 1. The molecule has 2 aromatic rings. The largest absolute Gasteiger partial charge is 0.394 e. The minimum atomic E-state index is -3.82. The molecule has 0 fully saturated rings. The molecule has 0 bridgehead atoms. The van der Waals surface area contributed by atoms with Gasteiger partial charge in [-0.1, -0.05) is 23.2 Å². The summed E-state index contributed by atoms with van der Waals surface area (Å²) in [5.41, 5.74) is 5.70. The highest BCUT2D eigenvalue weighted by Crippen LogP contribution is 2.24. The minimum absolute atomic E-state index is 0.0611. The van der Waals surface area contributed by atoms with Crippen molar-refractivity contribution in [2.45, 2.75) is 4.90 Å². The van der Waals surface area contributed by atoms with Crippen LogP contribution in [0.1, 0.15) is 0 Å². The number of nitrogens with two attached hydrogens (primary N) is 1. The lowest BCUT2D eigenvalue weighted by atomic mass is 10.4. The Kier molecular flexibility index (Phi) is 3.38. The van der Waals surface area contributed by atoms with Crippen LogP contribution in [0, 0.1) is 0 Å². The van der Waals surface area contributed by atoms with E-state index >= 15 is 0 Å². The first kappa shape index (κ1) is 13.0. The quantitative estimate of drug-likeness (QED) is 0.808. The maximum absolute atomic E-state index is 12.0. The van der Waals surface area contributed by atoms with Crippen molar-refractivity contribution in [2.24, 2.45) is 0 Å². The molecular formula is C9H8Cl2N4O2S. The van der Waals surface area contributed by atoms with Gasteiger partial charge in [-0.05, 0) is 18.2 Å². The van der Waals surface area contributed by atoms with Crippen LogP contribution < -0.4 is 10.5 Å². The van der Waals surface area contributed by atoms with E-state index in [0.29, 0.717) is 0 Å². The zero-order valence-electron chi connectivity index (χ0n) is 8.81. The van der Waals surface area contributed by atoms with Crippen molar-refractivity contribution in [3.05, 3.63) is 34.4 Å². The molecule has 1 aromatic carbocycles. The number of nitrogens with zero attached hydrogens (tertiary/aromatic N) is 1. The first-order valence-corrected chi connectivity index (χ1v) is 6.90. The minimum Gasteiger partial charge on any atom is -0.394 e. The molecule has 0 unspecified atom stereocenters. The molecule has 0 saturated carbocycles. The topological polar surface area (TPSA) is 101 Å². The molecule has 0 aliphatic carbocycles. The van der Waals surface area contributed by atoms with E-state index in [1.165, 1.54) is 24.4 Å². The average Bonchev–Trinajstić information content (AvgIpc) is 2.62. The van der Waals surface area contributed by atoms with Gasteiger partial charge in [0.25, 0.3) is 10.0 Å². The second-order valence-electron chi connectivity index (χ2n) is 3.41. The van der Waals surface area contributed by atoms with E-state index in [-0.39, 0.29) is 26.4 Å². The van der Waals surface area contributed by atoms with Gasteiger partial charge in [-0.15, -0.1) is 0 Å². The van der Waals surface area contributed by atoms with Crippen LogP contribution in [0.15, 0.2) is 29.3 Å². The van der Waals surface area contributed by atoms with Crippen LogP contribution >= 0.6 is 23.2 Å². The number of rotatable bonds is 3. The molecule has 0 radical (unpaired) electrons. The summed E-state index contributed by atoms with van der Waals surface area (Å²) in [6, 6.07) is 4.00. The van der Waals surface area contributed by atoms with E-state index in [1.54, 1.807) is 0 Å². The van der Waals surface area contributed by atoms with Gasteiger partial charge in [0.15, 0.2) is 5.82 Å². The first-order chi connectivity index (χ1) is 8.38. The van der Waals surface area contributed by atoms with Gasteiger partial charge < -0.3 is 5.73 Å². The molecule has 6 nitrogen and oxygen atoms in total. The number of nitrogens with one attached hydrogen (secondary N) is 2. The Bertz CT molecular complexity index is 663. The number of anilines is 2. The first-order valence-electron chi connectivity index (χ1n) is 4.66. The summed E-state index contributed by atoms with van der Waals surface area (Å²) >= 11 is 11.5. The lowest BCUT2D eigenvalue weighted by Crippen LogP contribution is -2.14. The van der Waals surface area contributed by atoms with Crippen molar-refractivity contribution in [2.75, 3.05) is 10.5 Å². The van der Waals surface area contributed by atoms with E-state index in [2.05, 4.69) is 14.9 Å². The number of sulfonamides is 1. The predicted molar refractivity (Wildman–Crippen MR) is 70.3 cm³/mol. The third kappa shape index (κ3) is 2.69. The predicted octanol–water partition coefficient (Wildman–Crippen LogP) is 2.10. The van der Waals surface area contributed by atoms with E-state index in [9.17, 15) is 8.42 Å². The van der Waals surface area contributed by atoms with Crippen molar-refractivity contribution in [3.63, 3.8) is 0 Å². The second kappa shape index (κ2) is 4.68. The second-order valence-corrected chi connectivity index (χ2v) is 5.97. The standard InChI is InChI=1S/C9H8Cl2N4O2S/c10-5-1-6(11)3-7(2-5)18(16,17)15-9-8(12)4-13-14-9/h1-4H,12H2,(H2,13,14,15). The Balaban J connectivity index is 2.40. The Hall–Kier alpha value is -1.44. The van der Waals surface area contributed by atoms with Gasteiger partial charge in [-0.3, -0.25) is 9.82 Å². The normalized spacial score (nSPS) is 11.4. The Morgan fingerprint density at radius 2 is 1.83 bits per heavy atom. The molecule has 0 amide bonds. The third-order valence-corrected chi connectivity index (χ3v) is 3.82. The van der Waals surface area contributed by atoms with Crippen LogP contribution in [0.25, 0.3) is 0 Å². The Labute approximate surface area is 113 Å². The van der Waals surface area contributed by atoms with Crippen molar-refractivity contribution in [1.82, 2.24) is 10.2 Å². The highest BCUT2D eigenvalue weighted by Gasteiger charge is 2.17. The van der Waals surface area contributed by atoms with Crippen LogP contribution in [-0.2, 0) is 10.0 Å². The molecular weight excluding hydrogens is 299 g/mol. The van der Waals surface area contributed by atoms with Crippen LogP contribution in [-0.4, -0.2) is 18.6 Å². The number of benzene rings is 1. The van der Waals surface area contributed by atoms with E-state index in [0.717, 1.165) is 0 Å². The van der Waals surface area contributed by atoms with E-state index < -0.39 is 10.0 Å². The summed E-state index contributed by atoms with van der Waals surface area (Å²) in [7, 11) is -3.82. The van der Waals surface area contributed by atoms with Crippen LogP contribution in [0.2, 0.25) is 10.0 Å². The lowest BCUT2D eigenvalue weighted by Gasteiger charge is -2.07. The van der Waals surface area contributed by atoms with Crippen molar-refractivity contribution in [3.8, 4) is 0 Å². The summed E-state index contributed by atoms with van der Waals surface area (Å²) < 4.78 is 26.3. The summed E-state index contributed by atoms with van der Waals surface area (Å²) in [6.07, 6.45) is 1.29. The number of nitrogen functional groups attached to an aromatic ring is 1. The lowest BCUT2D eigenvalue weighted by molar-refractivity contribution is 0.601. The Morgan fingerprint density at radius 1 is 1.22 bits per heavy atom. The number of hydrogen-bond acceptors (Lipinski definition) is 4. The van der Waals surface area contributed by atoms with Gasteiger partial charge in [0.05, 0.1) is 16.8 Å². The molecule has 9 heteroatoms. The monoisotopic (exact) mass is 306 g/mol. The molecule has 0 atom stereocenters.